The first-order valence-electron chi connectivity index (χ1n) is 8.98. The number of benzene rings is 3. The van der Waals surface area contributed by atoms with Crippen LogP contribution >= 0.6 is 27.5 Å². The maximum absolute atomic E-state index is 13.8. The first kappa shape index (κ1) is 22.5. The SMILES string of the molecule is O=C(NN=Cc1cccc(OCc2c(F)cccc2Cl)c1)C(=O)Nc1ccc(Br)cc1. The van der Waals surface area contributed by atoms with Crippen LogP contribution in [-0.2, 0) is 16.2 Å². The molecule has 3 rings (SSSR count). The van der Waals surface area contributed by atoms with Crippen molar-refractivity contribution in [2.24, 2.45) is 5.10 Å². The number of hydrogen-bond donors (Lipinski definition) is 2. The van der Waals surface area contributed by atoms with Crippen LogP contribution in [0.25, 0.3) is 0 Å². The number of nitrogens with zero attached hydrogens (tertiary/aromatic N) is 1. The summed E-state index contributed by atoms with van der Waals surface area (Å²) >= 11 is 9.28. The van der Waals surface area contributed by atoms with Gasteiger partial charge in [-0.05, 0) is 54.1 Å². The number of amides is 2. The quantitative estimate of drug-likeness (QED) is 0.284. The van der Waals surface area contributed by atoms with E-state index in [9.17, 15) is 14.0 Å². The molecule has 0 aliphatic carbocycles. The number of nitrogens with one attached hydrogen (secondary N) is 2. The van der Waals surface area contributed by atoms with Gasteiger partial charge in [0.1, 0.15) is 18.2 Å². The average molecular weight is 505 g/mol. The van der Waals surface area contributed by atoms with Gasteiger partial charge in [-0.3, -0.25) is 9.59 Å². The molecule has 158 valence electrons. The lowest BCUT2D eigenvalue weighted by Crippen LogP contribution is -2.32. The first-order chi connectivity index (χ1) is 14.9. The Hall–Kier alpha value is -3.23. The average Bonchev–Trinajstić information content (AvgIpc) is 2.75. The molecule has 2 N–H and O–H groups in total. The minimum absolute atomic E-state index is 0.0426. The van der Waals surface area contributed by atoms with Crippen LogP contribution in [0.1, 0.15) is 11.1 Å². The topological polar surface area (TPSA) is 79.8 Å². The van der Waals surface area contributed by atoms with E-state index in [0.717, 1.165) is 4.47 Å². The standard InChI is InChI=1S/C22H16BrClFN3O3/c23-15-7-9-16(10-8-15)27-21(29)22(30)28-26-12-14-3-1-4-17(11-14)31-13-18-19(24)5-2-6-20(18)25/h1-12H,13H2,(H,27,29)(H,28,30). The summed E-state index contributed by atoms with van der Waals surface area (Å²) in [5.41, 5.74) is 3.49. The smallest absolute Gasteiger partial charge is 0.329 e. The fourth-order valence-corrected chi connectivity index (χ4v) is 2.93. The number of hydrazone groups is 1. The molecular weight excluding hydrogens is 489 g/mol. The summed E-state index contributed by atoms with van der Waals surface area (Å²) in [6, 6.07) is 18.0. The van der Waals surface area contributed by atoms with Crippen molar-refractivity contribution in [1.82, 2.24) is 5.43 Å². The molecule has 0 fully saturated rings. The van der Waals surface area contributed by atoms with Crippen molar-refractivity contribution >= 4 is 51.2 Å². The van der Waals surface area contributed by atoms with Gasteiger partial charge in [-0.1, -0.05) is 45.7 Å². The van der Waals surface area contributed by atoms with Crippen molar-refractivity contribution < 1.29 is 18.7 Å². The van der Waals surface area contributed by atoms with E-state index in [2.05, 4.69) is 31.8 Å². The van der Waals surface area contributed by atoms with Gasteiger partial charge >= 0.3 is 11.8 Å². The van der Waals surface area contributed by atoms with E-state index in [0.29, 0.717) is 17.0 Å². The molecule has 0 unspecified atom stereocenters. The Bertz CT molecular complexity index is 1100. The van der Waals surface area contributed by atoms with Crippen LogP contribution < -0.4 is 15.5 Å². The van der Waals surface area contributed by atoms with Gasteiger partial charge in [-0.2, -0.15) is 5.10 Å². The molecule has 0 atom stereocenters. The molecule has 3 aromatic carbocycles. The van der Waals surface area contributed by atoms with Crippen LogP contribution in [-0.4, -0.2) is 18.0 Å². The van der Waals surface area contributed by atoms with Gasteiger partial charge in [0.05, 0.1) is 11.2 Å². The second-order valence-corrected chi connectivity index (χ2v) is 7.54. The summed E-state index contributed by atoms with van der Waals surface area (Å²) in [6.07, 6.45) is 1.35. The Balaban J connectivity index is 1.54. The van der Waals surface area contributed by atoms with E-state index in [1.54, 1.807) is 54.6 Å². The summed E-state index contributed by atoms with van der Waals surface area (Å²) in [4.78, 5) is 23.8. The van der Waals surface area contributed by atoms with E-state index < -0.39 is 17.6 Å². The van der Waals surface area contributed by atoms with Crippen LogP contribution in [0, 0.1) is 5.82 Å². The van der Waals surface area contributed by atoms with Gasteiger partial charge in [0.2, 0.25) is 0 Å². The molecular formula is C22H16BrClFN3O3. The fourth-order valence-electron chi connectivity index (χ4n) is 2.45. The molecule has 0 spiro atoms. The minimum Gasteiger partial charge on any atom is -0.489 e. The number of anilines is 1. The third kappa shape index (κ3) is 6.63. The van der Waals surface area contributed by atoms with Gasteiger partial charge < -0.3 is 10.1 Å². The van der Waals surface area contributed by atoms with Crippen molar-refractivity contribution in [2.75, 3.05) is 5.32 Å². The van der Waals surface area contributed by atoms with Crippen LogP contribution in [0.5, 0.6) is 5.75 Å². The second-order valence-electron chi connectivity index (χ2n) is 6.22. The number of halogens is 3. The van der Waals surface area contributed by atoms with Gasteiger partial charge in [0.15, 0.2) is 0 Å². The van der Waals surface area contributed by atoms with Crippen molar-refractivity contribution in [3.05, 3.63) is 93.2 Å². The number of ether oxygens (including phenoxy) is 1. The normalized spacial score (nSPS) is 10.7. The number of carbonyl (C=O) groups excluding carboxylic acids is 2. The molecule has 3 aromatic rings. The summed E-state index contributed by atoms with van der Waals surface area (Å²) in [5.74, 6) is -1.75. The third-order valence-corrected chi connectivity index (χ3v) is 4.87. The molecule has 0 aliphatic heterocycles. The Labute approximate surface area is 191 Å². The fraction of sp³-hybridized carbons (Fsp3) is 0.0455. The van der Waals surface area contributed by atoms with Gasteiger partial charge in [0, 0.05) is 15.7 Å². The maximum atomic E-state index is 13.8. The molecule has 0 radical (unpaired) electrons. The predicted octanol–water partition coefficient (Wildman–Crippen LogP) is 4.91. The van der Waals surface area contributed by atoms with Crippen LogP contribution in [0.4, 0.5) is 10.1 Å². The van der Waals surface area contributed by atoms with Crippen molar-refractivity contribution in [2.45, 2.75) is 6.61 Å². The lowest BCUT2D eigenvalue weighted by atomic mass is 10.2. The number of hydrogen-bond acceptors (Lipinski definition) is 4. The van der Waals surface area contributed by atoms with Gasteiger partial charge in [-0.15, -0.1) is 0 Å². The number of carbonyl (C=O) groups is 2. The largest absolute Gasteiger partial charge is 0.489 e. The van der Waals surface area contributed by atoms with Crippen LogP contribution in [0.15, 0.2) is 76.3 Å². The van der Waals surface area contributed by atoms with Crippen molar-refractivity contribution in [3.8, 4) is 5.75 Å². The zero-order valence-corrected chi connectivity index (χ0v) is 18.3. The second kappa shape index (κ2) is 10.7. The lowest BCUT2D eigenvalue weighted by molar-refractivity contribution is -0.136. The Morgan fingerprint density at radius 2 is 1.81 bits per heavy atom. The molecule has 31 heavy (non-hydrogen) atoms. The third-order valence-electron chi connectivity index (χ3n) is 3.99. The Morgan fingerprint density at radius 3 is 2.55 bits per heavy atom. The monoisotopic (exact) mass is 503 g/mol. The molecule has 0 heterocycles. The van der Waals surface area contributed by atoms with Gasteiger partial charge in [-0.25, -0.2) is 9.82 Å². The predicted molar refractivity (Wildman–Crippen MR) is 121 cm³/mol. The highest BCUT2D eigenvalue weighted by Gasteiger charge is 2.12. The van der Waals surface area contributed by atoms with Crippen LogP contribution in [0.3, 0.4) is 0 Å². The van der Waals surface area contributed by atoms with E-state index in [1.807, 2.05) is 0 Å². The van der Waals surface area contributed by atoms with Gasteiger partial charge in [0.25, 0.3) is 0 Å². The molecule has 0 aromatic heterocycles. The summed E-state index contributed by atoms with van der Waals surface area (Å²) in [6.45, 7) is -0.0426. The summed E-state index contributed by atoms with van der Waals surface area (Å²) in [7, 11) is 0. The highest BCUT2D eigenvalue weighted by atomic mass is 79.9. The molecule has 2 amide bonds. The first-order valence-corrected chi connectivity index (χ1v) is 10.1. The minimum atomic E-state index is -0.916. The number of rotatable bonds is 6. The molecule has 0 aliphatic rings. The molecule has 9 heteroatoms. The van der Waals surface area contributed by atoms with Crippen molar-refractivity contribution in [1.29, 1.82) is 0 Å². The zero-order chi connectivity index (χ0) is 22.2. The highest BCUT2D eigenvalue weighted by Crippen LogP contribution is 2.21. The summed E-state index contributed by atoms with van der Waals surface area (Å²) in [5, 5.41) is 6.52. The molecule has 0 saturated heterocycles. The Kier molecular flexibility index (Phi) is 7.75. The lowest BCUT2D eigenvalue weighted by Gasteiger charge is -2.09. The van der Waals surface area contributed by atoms with E-state index in [-0.39, 0.29) is 17.2 Å². The maximum Gasteiger partial charge on any atom is 0.329 e. The van der Waals surface area contributed by atoms with Crippen molar-refractivity contribution in [3.63, 3.8) is 0 Å². The van der Waals surface area contributed by atoms with E-state index >= 15 is 0 Å². The van der Waals surface area contributed by atoms with E-state index in [4.69, 9.17) is 16.3 Å². The molecule has 0 saturated carbocycles. The van der Waals surface area contributed by atoms with E-state index in [1.165, 1.54) is 18.3 Å². The zero-order valence-electron chi connectivity index (χ0n) is 15.9. The summed E-state index contributed by atoms with van der Waals surface area (Å²) < 4.78 is 20.3. The molecule has 6 nitrogen and oxygen atoms in total. The van der Waals surface area contributed by atoms with Crippen LogP contribution in [0.2, 0.25) is 5.02 Å². The Morgan fingerprint density at radius 1 is 1.06 bits per heavy atom. The molecule has 0 bridgehead atoms. The highest BCUT2D eigenvalue weighted by molar-refractivity contribution is 9.10.